The summed E-state index contributed by atoms with van der Waals surface area (Å²) in [6.07, 6.45) is 4.23. The molecule has 1 nitrogen and oxygen atoms in total. The van der Waals surface area contributed by atoms with E-state index in [0.717, 1.165) is 0 Å². The van der Waals surface area contributed by atoms with E-state index in [4.69, 9.17) is 4.18 Å². The Morgan fingerprint density at radius 2 is 1.83 bits per heavy atom. The van der Waals surface area contributed by atoms with E-state index in [9.17, 15) is 0 Å². The average molecular weight is 276 g/mol. The third kappa shape index (κ3) is 2.06. The number of benzene rings is 1. The van der Waals surface area contributed by atoms with Crippen molar-refractivity contribution < 1.29 is 4.18 Å². The van der Waals surface area contributed by atoms with Crippen LogP contribution in [-0.4, -0.2) is 4.86 Å². The Labute approximate surface area is 114 Å². The highest BCUT2D eigenvalue weighted by molar-refractivity contribution is 8.84. The first-order chi connectivity index (χ1) is 8.55. The van der Waals surface area contributed by atoms with Gasteiger partial charge in [0.05, 0.1) is 14.7 Å². The van der Waals surface area contributed by atoms with Crippen LogP contribution in [0.3, 0.4) is 0 Å². The second-order valence-electron chi connectivity index (χ2n) is 5.43. The van der Waals surface area contributed by atoms with Crippen LogP contribution >= 0.6 is 20.6 Å². The molecule has 0 saturated carbocycles. The highest BCUT2D eigenvalue weighted by atomic mass is 33.1. The normalized spacial score (nSPS) is 22.4. The van der Waals surface area contributed by atoms with Crippen molar-refractivity contribution in [2.24, 2.45) is 5.41 Å². The maximum atomic E-state index is 5.81. The standard InChI is InChI=1S/C15H16OS2/c1-15(2,3)14-9-13-12(10-16-18(13)17-14)11-7-5-4-6-8-11/h4-10H,1-3H3. The summed E-state index contributed by atoms with van der Waals surface area (Å²) in [5.74, 6) is 0. The van der Waals surface area contributed by atoms with Gasteiger partial charge in [-0.15, -0.1) is 0 Å². The van der Waals surface area contributed by atoms with Gasteiger partial charge in [0.1, 0.15) is 6.26 Å². The number of rotatable bonds is 1. The molecular weight excluding hydrogens is 260 g/mol. The first-order valence-corrected chi connectivity index (χ1v) is 8.49. The Morgan fingerprint density at radius 3 is 2.50 bits per heavy atom. The van der Waals surface area contributed by atoms with E-state index < -0.39 is 0 Å². The SMILES string of the molecule is CC(C)(C)C1=CC2=S(OC=C2c2ccccc2)S1. The molecule has 2 heterocycles. The van der Waals surface area contributed by atoms with Gasteiger partial charge in [-0.2, -0.15) is 0 Å². The molecule has 3 heteroatoms. The van der Waals surface area contributed by atoms with Crippen molar-refractivity contribution in [3.05, 3.63) is 53.1 Å². The Morgan fingerprint density at radius 1 is 1.11 bits per heavy atom. The van der Waals surface area contributed by atoms with Gasteiger partial charge in [0.15, 0.2) is 0 Å². The molecule has 0 saturated heterocycles. The fourth-order valence-corrected chi connectivity index (χ4v) is 5.81. The molecule has 1 atom stereocenters. The quantitative estimate of drug-likeness (QED) is 0.527. The summed E-state index contributed by atoms with van der Waals surface area (Å²) in [4.78, 5) is 2.76. The molecule has 0 aliphatic carbocycles. The number of allylic oxidation sites excluding steroid dienone is 3. The van der Waals surface area contributed by atoms with Crippen molar-refractivity contribution >= 4 is 31.0 Å². The minimum absolute atomic E-state index is 0.127. The molecule has 1 aromatic rings. The zero-order chi connectivity index (χ0) is 12.8. The van der Waals surface area contributed by atoms with Crippen molar-refractivity contribution in [2.75, 3.05) is 0 Å². The number of hydrogen-bond donors (Lipinski definition) is 0. The molecule has 1 aromatic carbocycles. The zero-order valence-electron chi connectivity index (χ0n) is 10.8. The van der Waals surface area contributed by atoms with Crippen molar-refractivity contribution in [3.63, 3.8) is 0 Å². The van der Waals surface area contributed by atoms with Crippen molar-refractivity contribution in [1.82, 2.24) is 0 Å². The highest BCUT2D eigenvalue weighted by Gasteiger charge is 2.31. The Bertz CT molecular complexity index is 574. The predicted octanol–water partition coefficient (Wildman–Crippen LogP) is 5.01. The molecule has 0 spiro atoms. The first-order valence-electron chi connectivity index (χ1n) is 6.00. The third-order valence-corrected chi connectivity index (χ3v) is 6.75. The highest BCUT2D eigenvalue weighted by Crippen LogP contribution is 2.55. The predicted molar refractivity (Wildman–Crippen MR) is 83.2 cm³/mol. The first kappa shape index (κ1) is 12.1. The van der Waals surface area contributed by atoms with Gasteiger partial charge < -0.3 is 4.18 Å². The van der Waals surface area contributed by atoms with E-state index in [1.165, 1.54) is 20.9 Å². The summed E-state index contributed by atoms with van der Waals surface area (Å²) in [6, 6.07) is 10.5. The third-order valence-electron chi connectivity index (χ3n) is 2.95. The van der Waals surface area contributed by atoms with Gasteiger partial charge >= 0.3 is 0 Å². The van der Waals surface area contributed by atoms with Gasteiger partial charge in [-0.25, -0.2) is 0 Å². The van der Waals surface area contributed by atoms with Crippen LogP contribution in [-0.2, 0) is 4.18 Å². The van der Waals surface area contributed by atoms with E-state index in [1.54, 1.807) is 0 Å². The van der Waals surface area contributed by atoms with Gasteiger partial charge in [-0.1, -0.05) is 51.1 Å². The molecular formula is C15H16OS2. The van der Waals surface area contributed by atoms with Crippen LogP contribution in [0.4, 0.5) is 0 Å². The zero-order valence-corrected chi connectivity index (χ0v) is 12.4. The fourth-order valence-electron chi connectivity index (χ4n) is 1.88. The Balaban J connectivity index is 1.96. The van der Waals surface area contributed by atoms with Gasteiger partial charge in [-0.3, -0.25) is 0 Å². The van der Waals surface area contributed by atoms with E-state index in [2.05, 4.69) is 51.1 Å². The lowest BCUT2D eigenvalue weighted by Crippen LogP contribution is -2.06. The topological polar surface area (TPSA) is 9.23 Å². The molecule has 0 aromatic heterocycles. The monoisotopic (exact) mass is 276 g/mol. The second-order valence-corrected chi connectivity index (χ2v) is 8.55. The maximum Gasteiger partial charge on any atom is 0.110 e. The lowest BCUT2D eigenvalue weighted by atomic mass is 9.94. The minimum atomic E-state index is -0.127. The number of hydrogen-bond acceptors (Lipinski definition) is 2. The van der Waals surface area contributed by atoms with Crippen LogP contribution in [0, 0.1) is 5.41 Å². The largest absolute Gasteiger partial charge is 0.430 e. The van der Waals surface area contributed by atoms with Gasteiger partial charge in [0.2, 0.25) is 0 Å². The summed E-state index contributed by atoms with van der Waals surface area (Å²) in [5, 5.41) is 0. The molecule has 3 rings (SSSR count). The molecule has 0 bridgehead atoms. The molecule has 2 aliphatic rings. The smallest absolute Gasteiger partial charge is 0.110 e. The summed E-state index contributed by atoms with van der Waals surface area (Å²) in [6.45, 7) is 6.76. The van der Waals surface area contributed by atoms with Crippen molar-refractivity contribution in [3.8, 4) is 0 Å². The molecule has 18 heavy (non-hydrogen) atoms. The van der Waals surface area contributed by atoms with Crippen LogP contribution < -0.4 is 0 Å². The lowest BCUT2D eigenvalue weighted by molar-refractivity contribution is 0.534. The maximum absolute atomic E-state index is 5.81. The summed E-state index contributed by atoms with van der Waals surface area (Å²) >= 11 is 0. The van der Waals surface area contributed by atoms with E-state index in [1.807, 2.05) is 23.1 Å². The lowest BCUT2D eigenvalue weighted by Gasteiger charge is -2.19. The van der Waals surface area contributed by atoms with Crippen LogP contribution in [0.25, 0.3) is 5.57 Å². The molecule has 0 fully saturated rings. The Kier molecular flexibility index (Phi) is 2.91. The molecule has 2 aliphatic heterocycles. The fraction of sp³-hybridized carbons (Fsp3) is 0.267. The van der Waals surface area contributed by atoms with Gasteiger partial charge in [-0.05, 0) is 27.8 Å². The van der Waals surface area contributed by atoms with E-state index in [-0.39, 0.29) is 15.2 Å². The van der Waals surface area contributed by atoms with Crippen LogP contribution in [0.1, 0.15) is 26.3 Å². The summed E-state index contributed by atoms with van der Waals surface area (Å²) in [5.41, 5.74) is 2.69. The van der Waals surface area contributed by atoms with Crippen molar-refractivity contribution in [1.29, 1.82) is 0 Å². The average Bonchev–Trinajstić information content (AvgIpc) is 2.88. The van der Waals surface area contributed by atoms with Crippen LogP contribution in [0.2, 0.25) is 0 Å². The second kappa shape index (κ2) is 4.32. The summed E-state index contributed by atoms with van der Waals surface area (Å²) < 4.78 is 5.81. The summed E-state index contributed by atoms with van der Waals surface area (Å²) in [7, 11) is 1.74. The molecule has 1 unspecified atom stereocenters. The van der Waals surface area contributed by atoms with Gasteiger partial charge in [0.25, 0.3) is 0 Å². The minimum Gasteiger partial charge on any atom is -0.430 e. The van der Waals surface area contributed by atoms with E-state index in [0.29, 0.717) is 0 Å². The molecule has 94 valence electrons. The van der Waals surface area contributed by atoms with Crippen LogP contribution in [0.5, 0.6) is 0 Å². The van der Waals surface area contributed by atoms with Gasteiger partial charge in [0, 0.05) is 10.5 Å². The van der Waals surface area contributed by atoms with Crippen LogP contribution in [0.15, 0.2) is 47.6 Å². The molecule has 0 amide bonds. The molecule has 0 radical (unpaired) electrons. The molecule has 0 N–H and O–H groups in total. The van der Waals surface area contributed by atoms with E-state index >= 15 is 0 Å². The van der Waals surface area contributed by atoms with Crippen molar-refractivity contribution in [2.45, 2.75) is 20.8 Å². The Hall–Kier alpha value is -0.930.